The Labute approximate surface area is 148 Å². The minimum atomic E-state index is -0.724. The van der Waals surface area contributed by atoms with Crippen molar-refractivity contribution in [1.29, 1.82) is 0 Å². The first-order chi connectivity index (χ1) is 11.4. The highest BCUT2D eigenvalue weighted by Gasteiger charge is 2.23. The van der Waals surface area contributed by atoms with Gasteiger partial charge in [0.2, 0.25) is 0 Å². The van der Waals surface area contributed by atoms with Gasteiger partial charge in [0.15, 0.2) is 0 Å². The number of nitrogens with one attached hydrogen (secondary N) is 2. The number of amides is 2. The fourth-order valence-corrected chi connectivity index (χ4v) is 2.57. The van der Waals surface area contributed by atoms with Gasteiger partial charge in [0.1, 0.15) is 5.82 Å². The van der Waals surface area contributed by atoms with Crippen LogP contribution in [0.25, 0.3) is 0 Å². The van der Waals surface area contributed by atoms with Crippen molar-refractivity contribution < 1.29 is 14.0 Å². The molecule has 0 aliphatic heterocycles. The van der Waals surface area contributed by atoms with Gasteiger partial charge >= 0.3 is 0 Å². The lowest BCUT2D eigenvalue weighted by atomic mass is 10.1. The van der Waals surface area contributed by atoms with E-state index in [-0.39, 0.29) is 27.6 Å². The van der Waals surface area contributed by atoms with Gasteiger partial charge < -0.3 is 10.6 Å². The zero-order chi connectivity index (χ0) is 17.3. The normalized spacial score (nSPS) is 13.5. The van der Waals surface area contributed by atoms with E-state index in [0.717, 1.165) is 18.9 Å². The Bertz CT molecular complexity index is 805. The van der Waals surface area contributed by atoms with Crippen LogP contribution in [0.2, 0.25) is 10.0 Å². The van der Waals surface area contributed by atoms with Gasteiger partial charge in [-0.3, -0.25) is 9.59 Å². The maximum absolute atomic E-state index is 13.5. The SMILES string of the molecule is O=C(NC1CC1)c1ccc(NC(=O)c2cc(F)c(Cl)cc2Cl)cc1. The molecule has 0 spiro atoms. The van der Waals surface area contributed by atoms with E-state index in [2.05, 4.69) is 10.6 Å². The van der Waals surface area contributed by atoms with E-state index < -0.39 is 11.7 Å². The highest BCUT2D eigenvalue weighted by atomic mass is 35.5. The van der Waals surface area contributed by atoms with E-state index >= 15 is 0 Å². The molecule has 2 aromatic rings. The van der Waals surface area contributed by atoms with Gasteiger partial charge in [-0.1, -0.05) is 23.2 Å². The third-order valence-corrected chi connectivity index (χ3v) is 4.17. The minimum absolute atomic E-state index is 0.0193. The number of hydrogen-bond acceptors (Lipinski definition) is 2. The molecule has 24 heavy (non-hydrogen) atoms. The first-order valence-corrected chi connectivity index (χ1v) is 8.06. The van der Waals surface area contributed by atoms with Crippen molar-refractivity contribution in [3.63, 3.8) is 0 Å². The molecule has 1 aliphatic carbocycles. The number of rotatable bonds is 4. The monoisotopic (exact) mass is 366 g/mol. The quantitative estimate of drug-likeness (QED) is 0.793. The van der Waals surface area contributed by atoms with E-state index in [9.17, 15) is 14.0 Å². The molecule has 0 atom stereocenters. The lowest BCUT2D eigenvalue weighted by Crippen LogP contribution is -2.25. The molecule has 0 radical (unpaired) electrons. The smallest absolute Gasteiger partial charge is 0.257 e. The van der Waals surface area contributed by atoms with Crippen LogP contribution in [0.3, 0.4) is 0 Å². The fraction of sp³-hybridized carbons (Fsp3) is 0.176. The Morgan fingerprint density at radius 1 is 1.00 bits per heavy atom. The molecule has 1 fully saturated rings. The van der Waals surface area contributed by atoms with Crippen LogP contribution in [0.15, 0.2) is 36.4 Å². The van der Waals surface area contributed by atoms with Gasteiger partial charge in [-0.05, 0) is 49.2 Å². The molecule has 0 bridgehead atoms. The topological polar surface area (TPSA) is 58.2 Å². The maximum Gasteiger partial charge on any atom is 0.257 e. The van der Waals surface area contributed by atoms with Crippen LogP contribution < -0.4 is 10.6 Å². The van der Waals surface area contributed by atoms with Gasteiger partial charge in [0.25, 0.3) is 11.8 Å². The van der Waals surface area contributed by atoms with E-state index in [1.807, 2.05) is 0 Å². The molecule has 0 aromatic heterocycles. The Morgan fingerprint density at radius 2 is 1.67 bits per heavy atom. The van der Waals surface area contributed by atoms with Crippen molar-refractivity contribution in [2.75, 3.05) is 5.32 Å². The molecule has 2 N–H and O–H groups in total. The first-order valence-electron chi connectivity index (χ1n) is 7.31. The molecule has 2 aromatic carbocycles. The van der Waals surface area contributed by atoms with Crippen molar-refractivity contribution in [2.45, 2.75) is 18.9 Å². The Hall–Kier alpha value is -2.11. The van der Waals surface area contributed by atoms with E-state index in [1.165, 1.54) is 6.07 Å². The lowest BCUT2D eigenvalue weighted by molar-refractivity contribution is 0.0950. The standard InChI is InChI=1S/C17H13Cl2FN2O2/c18-13-8-14(19)15(20)7-12(13)17(24)22-10-3-1-9(2-4-10)16(23)21-11-5-6-11/h1-4,7-8,11H,5-6H2,(H,21,23)(H,22,24). The zero-order valence-corrected chi connectivity index (χ0v) is 13.9. The highest BCUT2D eigenvalue weighted by molar-refractivity contribution is 6.37. The third-order valence-electron chi connectivity index (χ3n) is 3.57. The lowest BCUT2D eigenvalue weighted by Gasteiger charge is -2.09. The molecule has 0 unspecified atom stereocenters. The van der Waals surface area contributed by atoms with Crippen molar-refractivity contribution in [3.05, 3.63) is 63.4 Å². The molecule has 1 saturated carbocycles. The van der Waals surface area contributed by atoms with Crippen LogP contribution >= 0.6 is 23.2 Å². The van der Waals surface area contributed by atoms with Crippen molar-refractivity contribution in [3.8, 4) is 0 Å². The summed E-state index contributed by atoms with van der Waals surface area (Å²) >= 11 is 11.5. The van der Waals surface area contributed by atoms with Crippen LogP contribution in [0, 0.1) is 5.82 Å². The molecular weight excluding hydrogens is 354 g/mol. The summed E-state index contributed by atoms with van der Waals surface area (Å²) in [5.74, 6) is -1.43. The molecule has 3 rings (SSSR count). The van der Waals surface area contributed by atoms with Crippen LogP contribution in [0.1, 0.15) is 33.6 Å². The number of anilines is 1. The predicted octanol–water partition coefficient (Wildman–Crippen LogP) is 4.28. The summed E-state index contributed by atoms with van der Waals surface area (Å²) in [5, 5.41) is 5.38. The highest BCUT2D eigenvalue weighted by Crippen LogP contribution is 2.25. The largest absolute Gasteiger partial charge is 0.349 e. The van der Waals surface area contributed by atoms with Crippen molar-refractivity contribution in [1.82, 2.24) is 5.32 Å². The number of benzene rings is 2. The predicted molar refractivity (Wildman–Crippen MR) is 91.3 cm³/mol. The maximum atomic E-state index is 13.5. The number of carbonyl (C=O) groups is 2. The van der Waals surface area contributed by atoms with Gasteiger partial charge in [0, 0.05) is 17.3 Å². The first kappa shape index (κ1) is 16.7. The van der Waals surface area contributed by atoms with Gasteiger partial charge in [-0.2, -0.15) is 0 Å². The van der Waals surface area contributed by atoms with Crippen LogP contribution in [-0.2, 0) is 0 Å². The van der Waals surface area contributed by atoms with Gasteiger partial charge in [-0.25, -0.2) is 4.39 Å². The molecule has 0 saturated heterocycles. The van der Waals surface area contributed by atoms with Crippen LogP contribution in [-0.4, -0.2) is 17.9 Å². The Kier molecular flexibility index (Phi) is 4.73. The summed E-state index contributed by atoms with van der Waals surface area (Å²) < 4.78 is 13.5. The van der Waals surface area contributed by atoms with Crippen molar-refractivity contribution in [2.24, 2.45) is 0 Å². The second kappa shape index (κ2) is 6.79. The molecule has 1 aliphatic rings. The fourth-order valence-electron chi connectivity index (χ4n) is 2.10. The molecule has 7 heteroatoms. The molecule has 4 nitrogen and oxygen atoms in total. The molecular formula is C17H13Cl2FN2O2. The van der Waals surface area contributed by atoms with Crippen molar-refractivity contribution >= 4 is 40.7 Å². The summed E-state index contributed by atoms with van der Waals surface area (Å²) in [6.45, 7) is 0. The molecule has 0 heterocycles. The summed E-state index contributed by atoms with van der Waals surface area (Å²) in [7, 11) is 0. The minimum Gasteiger partial charge on any atom is -0.349 e. The zero-order valence-electron chi connectivity index (χ0n) is 12.4. The molecule has 124 valence electrons. The molecule has 2 amide bonds. The summed E-state index contributed by atoms with van der Waals surface area (Å²) in [5.41, 5.74) is 0.957. The Balaban J connectivity index is 1.70. The van der Waals surface area contributed by atoms with Crippen LogP contribution in [0.5, 0.6) is 0 Å². The second-order valence-corrected chi connectivity index (χ2v) is 6.34. The number of carbonyl (C=O) groups excluding carboxylic acids is 2. The summed E-state index contributed by atoms with van der Waals surface area (Å²) in [6.07, 6.45) is 2.02. The summed E-state index contributed by atoms with van der Waals surface area (Å²) in [4.78, 5) is 24.1. The average molecular weight is 367 g/mol. The number of hydrogen-bond donors (Lipinski definition) is 2. The van der Waals surface area contributed by atoms with Gasteiger partial charge in [-0.15, -0.1) is 0 Å². The van der Waals surface area contributed by atoms with E-state index in [1.54, 1.807) is 24.3 Å². The third kappa shape index (κ3) is 3.86. The van der Waals surface area contributed by atoms with E-state index in [4.69, 9.17) is 23.2 Å². The summed E-state index contributed by atoms with van der Waals surface area (Å²) in [6, 6.07) is 8.85. The van der Waals surface area contributed by atoms with E-state index in [0.29, 0.717) is 11.3 Å². The second-order valence-electron chi connectivity index (χ2n) is 5.53. The average Bonchev–Trinajstić information content (AvgIpc) is 3.35. The van der Waals surface area contributed by atoms with Gasteiger partial charge in [0.05, 0.1) is 15.6 Å². The van der Waals surface area contributed by atoms with Crippen LogP contribution in [0.4, 0.5) is 10.1 Å². The number of halogens is 3. The Morgan fingerprint density at radius 3 is 2.29 bits per heavy atom.